The van der Waals surface area contributed by atoms with Crippen molar-refractivity contribution in [3.63, 3.8) is 0 Å². The van der Waals surface area contributed by atoms with Crippen molar-refractivity contribution in [2.45, 2.75) is 39.3 Å². The average molecular weight is 210 g/mol. The molecule has 80 valence electrons. The van der Waals surface area contributed by atoms with Gasteiger partial charge in [-0.2, -0.15) is 0 Å². The molecule has 1 nitrogen and oxygen atoms in total. The monoisotopic (exact) mass is 209 g/mol. The summed E-state index contributed by atoms with van der Waals surface area (Å²) >= 11 is 0. The second-order valence-corrected chi connectivity index (χ2v) is 4.83. The van der Waals surface area contributed by atoms with E-state index >= 15 is 0 Å². The molecule has 1 unspecified atom stereocenters. The van der Waals surface area contributed by atoms with Gasteiger partial charge in [-0.1, -0.05) is 13.8 Å². The largest absolute Gasteiger partial charge is 0.317 e. The molecular formula is C10H21ClFN. The van der Waals surface area contributed by atoms with E-state index in [0.717, 1.165) is 6.42 Å². The van der Waals surface area contributed by atoms with E-state index in [1.54, 1.807) is 7.05 Å². The zero-order valence-electron chi connectivity index (χ0n) is 8.77. The van der Waals surface area contributed by atoms with Gasteiger partial charge in [0.1, 0.15) is 6.17 Å². The van der Waals surface area contributed by atoms with Gasteiger partial charge in [0.25, 0.3) is 0 Å². The molecule has 0 saturated heterocycles. The molecule has 13 heavy (non-hydrogen) atoms. The van der Waals surface area contributed by atoms with Crippen LogP contribution in [0.2, 0.25) is 0 Å². The highest BCUT2D eigenvalue weighted by Gasteiger charge is 2.36. The van der Waals surface area contributed by atoms with E-state index < -0.39 is 6.17 Å². The van der Waals surface area contributed by atoms with Crippen molar-refractivity contribution in [1.82, 2.24) is 5.32 Å². The molecular weight excluding hydrogens is 189 g/mol. The first-order valence-electron chi connectivity index (χ1n) is 4.82. The van der Waals surface area contributed by atoms with Crippen molar-refractivity contribution in [2.24, 2.45) is 11.3 Å². The molecule has 1 rings (SSSR count). The Balaban J connectivity index is 0.00000144. The van der Waals surface area contributed by atoms with E-state index in [-0.39, 0.29) is 12.4 Å². The maximum atomic E-state index is 13.1. The third-order valence-electron chi connectivity index (χ3n) is 2.70. The Kier molecular flexibility index (Phi) is 5.23. The fourth-order valence-corrected chi connectivity index (χ4v) is 2.34. The summed E-state index contributed by atoms with van der Waals surface area (Å²) < 4.78 is 13.1. The molecule has 0 amide bonds. The summed E-state index contributed by atoms with van der Waals surface area (Å²) in [5.41, 5.74) is 0.490. The molecule has 1 aliphatic rings. The number of halogens is 2. The lowest BCUT2D eigenvalue weighted by Crippen LogP contribution is -2.34. The zero-order valence-corrected chi connectivity index (χ0v) is 9.59. The lowest BCUT2D eigenvalue weighted by atomic mass is 9.63. The lowest BCUT2D eigenvalue weighted by Gasteiger charge is -2.43. The van der Waals surface area contributed by atoms with Gasteiger partial charge in [-0.3, -0.25) is 0 Å². The van der Waals surface area contributed by atoms with Crippen LogP contribution in [-0.2, 0) is 0 Å². The van der Waals surface area contributed by atoms with Gasteiger partial charge >= 0.3 is 0 Å². The number of rotatable bonds is 4. The van der Waals surface area contributed by atoms with Crippen LogP contribution in [0.4, 0.5) is 4.39 Å². The standard InChI is InChI=1S/C10H20FN.ClH/c1-10(2)5-8(6-10)4-9(11)7-12-3;/h8-9,12H,4-7H2,1-3H3;1H. The first kappa shape index (κ1) is 13.2. The molecule has 1 N–H and O–H groups in total. The molecule has 1 fully saturated rings. The minimum atomic E-state index is -0.643. The quantitative estimate of drug-likeness (QED) is 0.751. The van der Waals surface area contributed by atoms with Crippen LogP contribution in [0.25, 0.3) is 0 Å². The first-order chi connectivity index (χ1) is 5.53. The van der Waals surface area contributed by atoms with E-state index in [1.807, 2.05) is 0 Å². The van der Waals surface area contributed by atoms with Crippen molar-refractivity contribution in [1.29, 1.82) is 0 Å². The van der Waals surface area contributed by atoms with Gasteiger partial charge < -0.3 is 5.32 Å². The van der Waals surface area contributed by atoms with Crippen molar-refractivity contribution < 1.29 is 4.39 Å². The van der Waals surface area contributed by atoms with Gasteiger partial charge in [-0.15, -0.1) is 12.4 Å². The molecule has 0 aliphatic heterocycles. The predicted octanol–water partition coefficient (Wildman–Crippen LogP) is 2.79. The number of alkyl halides is 1. The van der Waals surface area contributed by atoms with E-state index in [9.17, 15) is 4.39 Å². The van der Waals surface area contributed by atoms with Gasteiger partial charge in [-0.25, -0.2) is 4.39 Å². The highest BCUT2D eigenvalue weighted by molar-refractivity contribution is 5.85. The summed E-state index contributed by atoms with van der Waals surface area (Å²) in [6.45, 7) is 5.03. The Morgan fingerprint density at radius 1 is 1.46 bits per heavy atom. The van der Waals surface area contributed by atoms with Crippen LogP contribution in [0, 0.1) is 11.3 Å². The molecule has 0 aromatic carbocycles. The lowest BCUT2D eigenvalue weighted by molar-refractivity contribution is 0.0682. The zero-order chi connectivity index (χ0) is 9.19. The minimum Gasteiger partial charge on any atom is -0.317 e. The molecule has 0 spiro atoms. The van der Waals surface area contributed by atoms with Crippen molar-refractivity contribution >= 4 is 12.4 Å². The van der Waals surface area contributed by atoms with E-state index in [1.165, 1.54) is 12.8 Å². The third kappa shape index (κ3) is 4.28. The molecule has 1 aliphatic carbocycles. The molecule has 3 heteroatoms. The Bertz CT molecular complexity index is 142. The second kappa shape index (κ2) is 5.16. The van der Waals surface area contributed by atoms with E-state index in [0.29, 0.717) is 17.9 Å². The Hall–Kier alpha value is 0.180. The van der Waals surface area contributed by atoms with Crippen LogP contribution in [0.1, 0.15) is 33.1 Å². The molecule has 0 aromatic rings. The summed E-state index contributed by atoms with van der Waals surface area (Å²) in [5.74, 6) is 0.642. The van der Waals surface area contributed by atoms with Gasteiger partial charge in [0, 0.05) is 6.54 Å². The maximum Gasteiger partial charge on any atom is 0.113 e. The second-order valence-electron chi connectivity index (χ2n) is 4.83. The molecule has 1 saturated carbocycles. The fraction of sp³-hybridized carbons (Fsp3) is 1.00. The van der Waals surface area contributed by atoms with E-state index in [2.05, 4.69) is 19.2 Å². The summed E-state index contributed by atoms with van der Waals surface area (Å²) in [6.07, 6.45) is 2.52. The smallest absolute Gasteiger partial charge is 0.113 e. The Morgan fingerprint density at radius 2 is 2.00 bits per heavy atom. The molecule has 0 bridgehead atoms. The minimum absolute atomic E-state index is 0. The summed E-state index contributed by atoms with van der Waals surface area (Å²) in [6, 6.07) is 0. The van der Waals surface area contributed by atoms with Gasteiger partial charge in [0.05, 0.1) is 0 Å². The highest BCUT2D eigenvalue weighted by atomic mass is 35.5. The highest BCUT2D eigenvalue weighted by Crippen LogP contribution is 2.46. The summed E-state index contributed by atoms with van der Waals surface area (Å²) in [5, 5.41) is 2.87. The maximum absolute atomic E-state index is 13.1. The molecule has 1 atom stereocenters. The van der Waals surface area contributed by atoms with Gasteiger partial charge in [0.15, 0.2) is 0 Å². The molecule has 0 heterocycles. The first-order valence-corrected chi connectivity index (χ1v) is 4.82. The molecule has 0 aromatic heterocycles. The SMILES string of the molecule is CNCC(F)CC1CC(C)(C)C1.Cl. The molecule has 0 radical (unpaired) electrons. The van der Waals surface area contributed by atoms with Gasteiger partial charge in [0.2, 0.25) is 0 Å². The van der Waals surface area contributed by atoms with Crippen molar-refractivity contribution in [3.05, 3.63) is 0 Å². The predicted molar refractivity (Wildman–Crippen MR) is 57.2 cm³/mol. The van der Waals surface area contributed by atoms with Crippen molar-refractivity contribution in [2.75, 3.05) is 13.6 Å². The number of hydrogen-bond acceptors (Lipinski definition) is 1. The van der Waals surface area contributed by atoms with Crippen LogP contribution >= 0.6 is 12.4 Å². The van der Waals surface area contributed by atoms with Crippen LogP contribution in [0.15, 0.2) is 0 Å². The van der Waals surface area contributed by atoms with Crippen LogP contribution in [0.5, 0.6) is 0 Å². The van der Waals surface area contributed by atoms with Crippen molar-refractivity contribution in [3.8, 4) is 0 Å². The number of nitrogens with one attached hydrogen (secondary N) is 1. The topological polar surface area (TPSA) is 12.0 Å². The van der Waals surface area contributed by atoms with Crippen LogP contribution in [0.3, 0.4) is 0 Å². The summed E-state index contributed by atoms with van der Waals surface area (Å²) in [7, 11) is 1.80. The fourth-order valence-electron chi connectivity index (χ4n) is 2.34. The van der Waals surface area contributed by atoms with Crippen LogP contribution in [-0.4, -0.2) is 19.8 Å². The summed E-state index contributed by atoms with van der Waals surface area (Å²) in [4.78, 5) is 0. The van der Waals surface area contributed by atoms with Crippen LogP contribution < -0.4 is 5.32 Å². The Labute approximate surface area is 86.9 Å². The third-order valence-corrected chi connectivity index (χ3v) is 2.70. The van der Waals surface area contributed by atoms with Gasteiger partial charge in [-0.05, 0) is 37.6 Å². The normalized spacial score (nSPS) is 23.1. The van der Waals surface area contributed by atoms with E-state index in [4.69, 9.17) is 0 Å². The average Bonchev–Trinajstić information content (AvgIpc) is 1.83. The number of hydrogen-bond donors (Lipinski definition) is 1. The Morgan fingerprint density at radius 3 is 2.38 bits per heavy atom.